The van der Waals surface area contributed by atoms with E-state index in [0.717, 1.165) is 25.2 Å². The van der Waals surface area contributed by atoms with Crippen LogP contribution in [0.25, 0.3) is 0 Å². The molecule has 0 amide bonds. The Labute approximate surface area is 91.1 Å². The van der Waals surface area contributed by atoms with Crippen molar-refractivity contribution in [1.82, 2.24) is 5.32 Å². The van der Waals surface area contributed by atoms with Gasteiger partial charge in [0.2, 0.25) is 0 Å². The van der Waals surface area contributed by atoms with Gasteiger partial charge in [-0.15, -0.1) is 0 Å². The summed E-state index contributed by atoms with van der Waals surface area (Å²) in [4.78, 5) is 2.07. The van der Waals surface area contributed by atoms with Gasteiger partial charge in [-0.3, -0.25) is 0 Å². The quantitative estimate of drug-likeness (QED) is 0.749. The molecule has 15 heavy (non-hydrogen) atoms. The van der Waals surface area contributed by atoms with Crippen LogP contribution in [-0.2, 0) is 0 Å². The second kappa shape index (κ2) is 5.71. The lowest BCUT2D eigenvalue weighted by Crippen LogP contribution is -2.22. The van der Waals surface area contributed by atoms with Crippen molar-refractivity contribution < 1.29 is 4.39 Å². The van der Waals surface area contributed by atoms with Gasteiger partial charge in [-0.1, -0.05) is 6.07 Å². The van der Waals surface area contributed by atoms with Crippen LogP contribution >= 0.6 is 0 Å². The molecule has 1 rings (SSSR count). The van der Waals surface area contributed by atoms with Gasteiger partial charge in [-0.2, -0.15) is 0 Å². The van der Waals surface area contributed by atoms with Crippen LogP contribution in [0.5, 0.6) is 0 Å². The monoisotopic (exact) mass is 210 g/mol. The number of hydrogen-bond donors (Lipinski definition) is 1. The third-order valence-electron chi connectivity index (χ3n) is 2.52. The first-order valence-electron chi connectivity index (χ1n) is 5.27. The van der Waals surface area contributed by atoms with Crippen LogP contribution in [0.1, 0.15) is 12.0 Å². The summed E-state index contributed by atoms with van der Waals surface area (Å²) in [6.07, 6.45) is 1.06. The number of nitrogens with one attached hydrogen (secondary N) is 1. The molecular formula is C12H19FN2. The van der Waals surface area contributed by atoms with E-state index in [9.17, 15) is 4.39 Å². The predicted molar refractivity (Wildman–Crippen MR) is 63.0 cm³/mol. The number of halogens is 1. The molecule has 0 bridgehead atoms. The summed E-state index contributed by atoms with van der Waals surface area (Å²) >= 11 is 0. The van der Waals surface area contributed by atoms with Crippen molar-refractivity contribution in [2.75, 3.05) is 32.1 Å². The van der Waals surface area contributed by atoms with Gasteiger partial charge in [0.1, 0.15) is 5.82 Å². The summed E-state index contributed by atoms with van der Waals surface area (Å²) in [5.74, 6) is -0.132. The van der Waals surface area contributed by atoms with Gasteiger partial charge < -0.3 is 10.2 Å². The topological polar surface area (TPSA) is 15.3 Å². The normalized spacial score (nSPS) is 10.4. The van der Waals surface area contributed by atoms with Crippen LogP contribution in [0, 0.1) is 12.7 Å². The molecule has 0 unspecified atom stereocenters. The Kier molecular flexibility index (Phi) is 4.56. The van der Waals surface area contributed by atoms with Crippen molar-refractivity contribution in [3.63, 3.8) is 0 Å². The van der Waals surface area contributed by atoms with Crippen LogP contribution in [0.4, 0.5) is 10.1 Å². The number of hydrogen-bond acceptors (Lipinski definition) is 2. The highest BCUT2D eigenvalue weighted by Gasteiger charge is 2.03. The highest BCUT2D eigenvalue weighted by Crippen LogP contribution is 2.16. The van der Waals surface area contributed by atoms with E-state index >= 15 is 0 Å². The molecule has 0 aromatic heterocycles. The number of nitrogens with zero attached hydrogens (tertiary/aromatic N) is 1. The zero-order chi connectivity index (χ0) is 11.3. The molecule has 0 spiro atoms. The zero-order valence-corrected chi connectivity index (χ0v) is 9.68. The van der Waals surface area contributed by atoms with Crippen molar-refractivity contribution in [1.29, 1.82) is 0 Å². The van der Waals surface area contributed by atoms with Crippen molar-refractivity contribution in [3.05, 3.63) is 29.6 Å². The summed E-state index contributed by atoms with van der Waals surface area (Å²) in [7, 11) is 3.92. The Hall–Kier alpha value is -1.09. The Morgan fingerprint density at radius 3 is 2.73 bits per heavy atom. The molecule has 0 fully saturated rings. The molecule has 2 nitrogen and oxygen atoms in total. The third kappa shape index (κ3) is 3.51. The van der Waals surface area contributed by atoms with Gasteiger partial charge in [0.05, 0.1) is 0 Å². The number of anilines is 1. The fourth-order valence-electron chi connectivity index (χ4n) is 1.44. The lowest BCUT2D eigenvalue weighted by Gasteiger charge is -2.19. The van der Waals surface area contributed by atoms with E-state index in [0.29, 0.717) is 5.56 Å². The highest BCUT2D eigenvalue weighted by atomic mass is 19.1. The largest absolute Gasteiger partial charge is 0.374 e. The summed E-state index contributed by atoms with van der Waals surface area (Å²) in [6.45, 7) is 3.70. The van der Waals surface area contributed by atoms with Crippen LogP contribution in [0.15, 0.2) is 18.2 Å². The smallest absolute Gasteiger partial charge is 0.128 e. The average molecular weight is 210 g/mol. The Bertz CT molecular complexity index is 312. The van der Waals surface area contributed by atoms with Gasteiger partial charge in [-0.25, -0.2) is 4.39 Å². The maximum absolute atomic E-state index is 13.3. The number of benzene rings is 1. The van der Waals surface area contributed by atoms with E-state index in [1.807, 2.05) is 26.2 Å². The van der Waals surface area contributed by atoms with E-state index in [-0.39, 0.29) is 5.82 Å². The molecule has 0 aliphatic rings. The SMILES string of the molecule is CNCCCN(C)c1ccc(C)c(F)c1. The maximum Gasteiger partial charge on any atom is 0.128 e. The van der Waals surface area contributed by atoms with Crippen molar-refractivity contribution >= 4 is 5.69 Å². The number of aryl methyl sites for hydroxylation is 1. The van der Waals surface area contributed by atoms with E-state index < -0.39 is 0 Å². The van der Waals surface area contributed by atoms with E-state index in [4.69, 9.17) is 0 Å². The van der Waals surface area contributed by atoms with E-state index in [1.165, 1.54) is 0 Å². The van der Waals surface area contributed by atoms with E-state index in [1.54, 1.807) is 13.0 Å². The van der Waals surface area contributed by atoms with Crippen molar-refractivity contribution in [2.45, 2.75) is 13.3 Å². The third-order valence-corrected chi connectivity index (χ3v) is 2.52. The minimum Gasteiger partial charge on any atom is -0.374 e. The molecule has 3 heteroatoms. The maximum atomic E-state index is 13.3. The highest BCUT2D eigenvalue weighted by molar-refractivity contribution is 5.47. The van der Waals surface area contributed by atoms with Crippen LogP contribution in [0.2, 0.25) is 0 Å². The zero-order valence-electron chi connectivity index (χ0n) is 9.68. The molecule has 0 atom stereocenters. The first kappa shape index (κ1) is 12.0. The van der Waals surface area contributed by atoms with Crippen LogP contribution < -0.4 is 10.2 Å². The molecule has 1 aromatic carbocycles. The van der Waals surface area contributed by atoms with Gasteiger partial charge in [0.25, 0.3) is 0 Å². The molecule has 0 heterocycles. The van der Waals surface area contributed by atoms with Crippen LogP contribution in [0.3, 0.4) is 0 Å². The molecule has 1 N–H and O–H groups in total. The summed E-state index contributed by atoms with van der Waals surface area (Å²) in [6, 6.07) is 5.37. The summed E-state index contributed by atoms with van der Waals surface area (Å²) < 4.78 is 13.3. The number of rotatable bonds is 5. The Balaban J connectivity index is 2.57. The molecule has 0 aliphatic heterocycles. The van der Waals surface area contributed by atoms with Gasteiger partial charge >= 0.3 is 0 Å². The van der Waals surface area contributed by atoms with Crippen molar-refractivity contribution in [3.8, 4) is 0 Å². The molecule has 0 saturated carbocycles. The minimum absolute atomic E-state index is 0.132. The first-order valence-corrected chi connectivity index (χ1v) is 5.27. The molecular weight excluding hydrogens is 191 g/mol. The molecule has 84 valence electrons. The lowest BCUT2D eigenvalue weighted by molar-refractivity contribution is 0.617. The minimum atomic E-state index is -0.132. The van der Waals surface area contributed by atoms with Gasteiger partial charge in [-0.05, 0) is 44.6 Å². The summed E-state index contributed by atoms with van der Waals surface area (Å²) in [5, 5.41) is 3.09. The fourth-order valence-corrected chi connectivity index (χ4v) is 1.44. The Morgan fingerprint density at radius 2 is 2.13 bits per heavy atom. The fraction of sp³-hybridized carbons (Fsp3) is 0.500. The van der Waals surface area contributed by atoms with Crippen molar-refractivity contribution in [2.24, 2.45) is 0 Å². The van der Waals surface area contributed by atoms with Gasteiger partial charge in [0, 0.05) is 19.3 Å². The second-order valence-electron chi connectivity index (χ2n) is 3.81. The summed E-state index contributed by atoms with van der Waals surface area (Å²) in [5.41, 5.74) is 1.64. The van der Waals surface area contributed by atoms with Crippen LogP contribution in [-0.4, -0.2) is 27.2 Å². The second-order valence-corrected chi connectivity index (χ2v) is 3.81. The molecule has 0 saturated heterocycles. The Morgan fingerprint density at radius 1 is 1.40 bits per heavy atom. The first-order chi connectivity index (χ1) is 7.15. The lowest BCUT2D eigenvalue weighted by atomic mass is 10.2. The standard InChI is InChI=1S/C12H19FN2/c1-10-5-6-11(9-12(10)13)15(3)8-4-7-14-2/h5-6,9,14H,4,7-8H2,1-3H3. The molecule has 1 aromatic rings. The predicted octanol–water partition coefficient (Wildman–Crippen LogP) is 2.18. The molecule has 0 aliphatic carbocycles. The average Bonchev–Trinajstić information content (AvgIpc) is 2.22. The van der Waals surface area contributed by atoms with E-state index in [2.05, 4.69) is 10.2 Å². The molecule has 0 radical (unpaired) electrons. The van der Waals surface area contributed by atoms with Gasteiger partial charge in [0.15, 0.2) is 0 Å².